The number of ether oxygens (including phenoxy) is 1. The van der Waals surface area contributed by atoms with Crippen LogP contribution in [-0.2, 0) is 29.7 Å². The Hall–Kier alpha value is -2.65. The molecule has 2 aromatic heterocycles. The summed E-state index contributed by atoms with van der Waals surface area (Å²) in [5, 5.41) is 8.79. The van der Waals surface area contributed by atoms with Crippen molar-refractivity contribution < 1.29 is 13.2 Å². The Morgan fingerprint density at radius 1 is 1.18 bits per heavy atom. The van der Waals surface area contributed by atoms with Gasteiger partial charge < -0.3 is 4.74 Å². The normalized spacial score (nSPS) is 15.2. The molecule has 0 saturated heterocycles. The molecule has 9 heteroatoms. The predicted octanol–water partition coefficient (Wildman–Crippen LogP) is 2.37. The predicted molar refractivity (Wildman–Crippen MR) is 104 cm³/mol. The molecular weight excluding hydrogens is 378 g/mol. The summed E-state index contributed by atoms with van der Waals surface area (Å²) in [6.07, 6.45) is 3.71. The minimum Gasteiger partial charge on any atom is -0.497 e. The third-order valence-electron chi connectivity index (χ3n) is 4.94. The zero-order chi connectivity index (χ0) is 19.7. The summed E-state index contributed by atoms with van der Waals surface area (Å²) in [5.41, 5.74) is 2.69. The fourth-order valence-electron chi connectivity index (χ4n) is 3.34. The van der Waals surface area contributed by atoms with E-state index in [1.807, 2.05) is 41.9 Å². The van der Waals surface area contributed by atoms with Crippen LogP contribution in [0.1, 0.15) is 19.0 Å². The average Bonchev–Trinajstić information content (AvgIpc) is 3.31. The number of hydrogen-bond donors (Lipinski definition) is 0. The van der Waals surface area contributed by atoms with Gasteiger partial charge in [0.05, 0.1) is 31.2 Å². The lowest BCUT2D eigenvalue weighted by atomic mass is 10.1. The molecule has 3 heterocycles. The van der Waals surface area contributed by atoms with E-state index in [0.717, 1.165) is 22.7 Å². The lowest BCUT2D eigenvalue weighted by Crippen LogP contribution is -2.30. The molecule has 0 aliphatic carbocycles. The van der Waals surface area contributed by atoms with Crippen LogP contribution in [0.25, 0.3) is 11.3 Å². The van der Waals surface area contributed by atoms with E-state index >= 15 is 0 Å². The average molecular weight is 401 g/mol. The fourth-order valence-corrected chi connectivity index (χ4v) is 4.75. The maximum atomic E-state index is 13.1. The maximum absolute atomic E-state index is 13.1. The second-order valence-corrected chi connectivity index (χ2v) is 8.63. The Morgan fingerprint density at radius 2 is 1.96 bits per heavy atom. The molecule has 0 saturated carbocycles. The number of nitrogens with zero attached hydrogens (tertiary/aromatic N) is 5. The van der Waals surface area contributed by atoms with E-state index < -0.39 is 10.0 Å². The third kappa shape index (κ3) is 3.43. The van der Waals surface area contributed by atoms with Crippen LogP contribution in [0.4, 0.5) is 0 Å². The van der Waals surface area contributed by atoms with Crippen LogP contribution in [0, 0.1) is 0 Å². The Bertz CT molecular complexity index is 1070. The minimum atomic E-state index is -3.59. The molecule has 0 spiro atoms. The number of benzene rings is 1. The van der Waals surface area contributed by atoms with Crippen LogP contribution < -0.4 is 4.74 Å². The number of rotatable bonds is 5. The first kappa shape index (κ1) is 18.7. The smallest absolute Gasteiger partial charge is 0.246 e. The second kappa shape index (κ2) is 7.40. The highest BCUT2D eigenvalue weighted by Crippen LogP contribution is 2.26. The number of fused-ring (bicyclic) bond motifs is 1. The lowest BCUT2D eigenvalue weighted by Gasteiger charge is -2.18. The first-order valence-electron chi connectivity index (χ1n) is 9.25. The molecule has 4 rings (SSSR count). The highest BCUT2D eigenvalue weighted by atomic mass is 32.2. The number of aryl methyl sites for hydroxylation is 2. The molecule has 0 bridgehead atoms. The van der Waals surface area contributed by atoms with Gasteiger partial charge in [-0.25, -0.2) is 8.42 Å². The van der Waals surface area contributed by atoms with Gasteiger partial charge in [0, 0.05) is 31.4 Å². The zero-order valence-corrected chi connectivity index (χ0v) is 16.8. The molecule has 0 fully saturated rings. The van der Waals surface area contributed by atoms with E-state index in [2.05, 4.69) is 10.2 Å². The van der Waals surface area contributed by atoms with Gasteiger partial charge in [0.2, 0.25) is 10.0 Å². The van der Waals surface area contributed by atoms with Crippen LogP contribution >= 0.6 is 0 Å². The van der Waals surface area contributed by atoms with Gasteiger partial charge >= 0.3 is 0 Å². The first-order chi connectivity index (χ1) is 13.5. The highest BCUT2D eigenvalue weighted by Gasteiger charge is 2.29. The maximum Gasteiger partial charge on any atom is 0.246 e. The van der Waals surface area contributed by atoms with Crippen molar-refractivity contribution in [2.24, 2.45) is 0 Å². The summed E-state index contributed by atoms with van der Waals surface area (Å²) >= 11 is 0. The number of methoxy groups -OCH3 is 1. The fraction of sp³-hybridized carbons (Fsp3) is 0.368. The van der Waals surface area contributed by atoms with E-state index in [0.29, 0.717) is 32.6 Å². The Morgan fingerprint density at radius 3 is 2.64 bits per heavy atom. The van der Waals surface area contributed by atoms with E-state index in [-0.39, 0.29) is 4.90 Å². The van der Waals surface area contributed by atoms with Gasteiger partial charge in [-0.15, -0.1) is 0 Å². The number of sulfonamides is 1. The second-order valence-electron chi connectivity index (χ2n) is 6.70. The van der Waals surface area contributed by atoms with Gasteiger partial charge in [0.15, 0.2) is 0 Å². The lowest BCUT2D eigenvalue weighted by molar-refractivity contribution is 0.410. The van der Waals surface area contributed by atoms with Gasteiger partial charge in [-0.2, -0.15) is 14.5 Å². The van der Waals surface area contributed by atoms with E-state index in [1.165, 1.54) is 10.5 Å². The van der Waals surface area contributed by atoms with Crippen molar-refractivity contribution in [3.05, 3.63) is 48.4 Å². The van der Waals surface area contributed by atoms with E-state index in [1.54, 1.807) is 18.0 Å². The molecule has 28 heavy (non-hydrogen) atoms. The topological polar surface area (TPSA) is 82.2 Å². The summed E-state index contributed by atoms with van der Waals surface area (Å²) in [4.78, 5) is 0.234. The van der Waals surface area contributed by atoms with Crippen molar-refractivity contribution in [3.8, 4) is 17.0 Å². The summed E-state index contributed by atoms with van der Waals surface area (Å²) < 4.78 is 36.4. The summed E-state index contributed by atoms with van der Waals surface area (Å²) in [5.74, 6) is 0.786. The van der Waals surface area contributed by atoms with Gasteiger partial charge in [-0.05, 0) is 43.7 Å². The summed E-state index contributed by atoms with van der Waals surface area (Å²) in [6, 6.07) is 9.65. The molecule has 0 radical (unpaired) electrons. The van der Waals surface area contributed by atoms with Crippen molar-refractivity contribution in [1.29, 1.82) is 0 Å². The third-order valence-corrected chi connectivity index (χ3v) is 6.73. The van der Waals surface area contributed by atoms with Crippen molar-refractivity contribution >= 4 is 10.0 Å². The zero-order valence-electron chi connectivity index (χ0n) is 15.9. The molecule has 1 aromatic carbocycles. The quantitative estimate of drug-likeness (QED) is 0.656. The molecule has 1 aliphatic heterocycles. The first-order valence-corrected chi connectivity index (χ1v) is 10.7. The van der Waals surface area contributed by atoms with Crippen molar-refractivity contribution in [2.75, 3.05) is 13.7 Å². The van der Waals surface area contributed by atoms with Crippen molar-refractivity contribution in [1.82, 2.24) is 23.9 Å². The largest absolute Gasteiger partial charge is 0.497 e. The van der Waals surface area contributed by atoms with Gasteiger partial charge in [0.25, 0.3) is 0 Å². The molecule has 3 aromatic rings. The number of aromatic nitrogens is 4. The Kier molecular flexibility index (Phi) is 4.94. The number of hydrogen-bond acceptors (Lipinski definition) is 5. The SMILES string of the molecule is CCn1cc(S(=O)(=O)N2CCCn3nc(-c4ccc(OC)cc4)cc3C2)cn1. The van der Waals surface area contributed by atoms with E-state index in [9.17, 15) is 8.42 Å². The van der Waals surface area contributed by atoms with Crippen LogP contribution in [0.2, 0.25) is 0 Å². The van der Waals surface area contributed by atoms with Crippen LogP contribution in [0.3, 0.4) is 0 Å². The van der Waals surface area contributed by atoms with E-state index in [4.69, 9.17) is 4.74 Å². The molecule has 0 atom stereocenters. The summed E-state index contributed by atoms with van der Waals surface area (Å²) in [6.45, 7) is 4.00. The molecule has 148 valence electrons. The van der Waals surface area contributed by atoms with Crippen molar-refractivity contribution in [3.63, 3.8) is 0 Å². The van der Waals surface area contributed by atoms with Crippen LogP contribution in [0.5, 0.6) is 5.75 Å². The molecule has 1 aliphatic rings. The van der Waals surface area contributed by atoms with Gasteiger partial charge in [0.1, 0.15) is 10.6 Å². The Labute approximate surface area is 164 Å². The molecular formula is C19H23N5O3S. The Balaban J connectivity index is 1.61. The van der Waals surface area contributed by atoms with Gasteiger partial charge in [-0.3, -0.25) is 9.36 Å². The van der Waals surface area contributed by atoms with Gasteiger partial charge in [-0.1, -0.05) is 0 Å². The molecule has 0 unspecified atom stereocenters. The van der Waals surface area contributed by atoms with Crippen LogP contribution in [-0.4, -0.2) is 45.9 Å². The molecule has 0 amide bonds. The van der Waals surface area contributed by atoms with Crippen molar-refractivity contribution in [2.45, 2.75) is 37.9 Å². The molecule has 0 N–H and O–H groups in total. The monoisotopic (exact) mass is 401 g/mol. The highest BCUT2D eigenvalue weighted by molar-refractivity contribution is 7.89. The van der Waals surface area contributed by atoms with Crippen LogP contribution in [0.15, 0.2) is 47.6 Å². The standard InChI is InChI=1S/C19H23N5O3S/c1-3-22-14-18(12-20-22)28(25,26)23-9-4-10-24-16(13-23)11-19(21-24)15-5-7-17(27-2)8-6-15/h5-8,11-12,14H,3-4,9-10,13H2,1-2H3. The minimum absolute atomic E-state index is 0.234. The summed E-state index contributed by atoms with van der Waals surface area (Å²) in [7, 11) is -1.96. The molecule has 8 nitrogen and oxygen atoms in total.